The minimum Gasteiger partial charge on any atom is -0.277 e. The van der Waals surface area contributed by atoms with E-state index in [0.29, 0.717) is 11.5 Å². The first kappa shape index (κ1) is 14.6. The monoisotopic (exact) mass is 315 g/mol. The van der Waals surface area contributed by atoms with Gasteiger partial charge in [0.05, 0.1) is 17.3 Å². The molecular formula is C19H17N5. The quantitative estimate of drug-likeness (QED) is 0.691. The van der Waals surface area contributed by atoms with Crippen molar-refractivity contribution in [1.29, 1.82) is 5.26 Å². The number of nitrogens with zero attached hydrogens (tertiary/aromatic N) is 5. The first-order valence-electron chi connectivity index (χ1n) is 8.07. The highest BCUT2D eigenvalue weighted by Gasteiger charge is 2.24. The van der Waals surface area contributed by atoms with E-state index >= 15 is 0 Å². The average molecular weight is 315 g/mol. The molecule has 0 saturated carbocycles. The molecule has 3 heterocycles. The highest BCUT2D eigenvalue weighted by atomic mass is 15.3. The lowest BCUT2D eigenvalue weighted by Crippen LogP contribution is -2.04. The number of aryl methyl sites for hydroxylation is 1. The van der Waals surface area contributed by atoms with Crippen LogP contribution in [0.5, 0.6) is 0 Å². The molecule has 1 unspecified atom stereocenters. The van der Waals surface area contributed by atoms with Crippen molar-refractivity contribution in [1.82, 2.24) is 19.7 Å². The van der Waals surface area contributed by atoms with Gasteiger partial charge in [0, 0.05) is 12.1 Å². The van der Waals surface area contributed by atoms with Crippen molar-refractivity contribution >= 4 is 0 Å². The first-order chi connectivity index (χ1) is 11.7. The lowest BCUT2D eigenvalue weighted by atomic mass is 9.97. The Morgan fingerprint density at radius 1 is 1.17 bits per heavy atom. The van der Waals surface area contributed by atoms with E-state index in [4.69, 9.17) is 0 Å². The van der Waals surface area contributed by atoms with Gasteiger partial charge in [-0.1, -0.05) is 13.0 Å². The number of fused-ring (bicyclic) bond motifs is 3. The lowest BCUT2D eigenvalue weighted by molar-refractivity contribution is 0.567. The second kappa shape index (κ2) is 5.57. The molecule has 0 spiro atoms. The molecule has 24 heavy (non-hydrogen) atoms. The van der Waals surface area contributed by atoms with Crippen LogP contribution < -0.4 is 0 Å². The largest absolute Gasteiger partial charge is 0.277 e. The van der Waals surface area contributed by atoms with Crippen LogP contribution in [0.25, 0.3) is 17.2 Å². The molecule has 1 aliphatic rings. The van der Waals surface area contributed by atoms with E-state index in [1.807, 2.05) is 43.3 Å². The Kier molecular flexibility index (Phi) is 3.39. The summed E-state index contributed by atoms with van der Waals surface area (Å²) < 4.78 is 2.10. The standard InChI is InChI=1S/C19H17N5/c1-12-8-15-10-14(11-20)6-7-17(15)24-18(9-12)22-23-19(24)16-5-3-4-13(2)21-16/h3-7,10,12H,8-9H2,1-2H3. The second-order valence-electron chi connectivity index (χ2n) is 6.41. The minimum atomic E-state index is 0.446. The molecule has 3 aromatic rings. The molecule has 0 N–H and O–H groups in total. The summed E-state index contributed by atoms with van der Waals surface area (Å²) in [4.78, 5) is 4.60. The second-order valence-corrected chi connectivity index (χ2v) is 6.41. The third kappa shape index (κ3) is 2.37. The minimum absolute atomic E-state index is 0.446. The summed E-state index contributed by atoms with van der Waals surface area (Å²) in [5, 5.41) is 18.0. The molecule has 1 aromatic carbocycles. The molecule has 0 radical (unpaired) electrons. The molecule has 5 nitrogen and oxygen atoms in total. The number of pyridine rings is 1. The van der Waals surface area contributed by atoms with Crippen LogP contribution in [0.15, 0.2) is 36.4 Å². The average Bonchev–Trinajstić information content (AvgIpc) is 2.92. The van der Waals surface area contributed by atoms with Gasteiger partial charge in [-0.15, -0.1) is 10.2 Å². The Bertz CT molecular complexity index is 964. The van der Waals surface area contributed by atoms with Gasteiger partial charge in [0.1, 0.15) is 11.5 Å². The Morgan fingerprint density at radius 3 is 2.83 bits per heavy atom. The number of nitriles is 1. The maximum absolute atomic E-state index is 9.20. The fourth-order valence-electron chi connectivity index (χ4n) is 3.33. The number of aromatic nitrogens is 4. The zero-order valence-corrected chi connectivity index (χ0v) is 13.7. The van der Waals surface area contributed by atoms with Crippen molar-refractivity contribution < 1.29 is 0 Å². The normalized spacial score (nSPS) is 16.0. The summed E-state index contributed by atoms with van der Waals surface area (Å²) in [6.45, 7) is 4.18. The van der Waals surface area contributed by atoms with E-state index in [2.05, 4.69) is 32.7 Å². The van der Waals surface area contributed by atoms with E-state index in [1.54, 1.807) is 0 Å². The van der Waals surface area contributed by atoms with Crippen molar-refractivity contribution in [3.8, 4) is 23.3 Å². The SMILES string of the molecule is Cc1cccc(-c2nnc3n2-c2ccc(C#N)cc2CC(C)C3)n1. The fourth-order valence-corrected chi connectivity index (χ4v) is 3.33. The summed E-state index contributed by atoms with van der Waals surface area (Å²) in [6.07, 6.45) is 1.78. The molecule has 5 heteroatoms. The molecule has 118 valence electrons. The van der Waals surface area contributed by atoms with Gasteiger partial charge < -0.3 is 0 Å². The zero-order valence-electron chi connectivity index (χ0n) is 13.7. The maximum Gasteiger partial charge on any atom is 0.187 e. The third-order valence-electron chi connectivity index (χ3n) is 4.40. The van der Waals surface area contributed by atoms with Crippen molar-refractivity contribution in [2.75, 3.05) is 0 Å². The van der Waals surface area contributed by atoms with Gasteiger partial charge in [0.15, 0.2) is 5.82 Å². The van der Waals surface area contributed by atoms with Gasteiger partial charge in [0.2, 0.25) is 0 Å². The summed E-state index contributed by atoms with van der Waals surface area (Å²) in [5.41, 5.74) is 4.67. The Labute approximate surface area is 140 Å². The number of rotatable bonds is 1. The molecule has 0 aliphatic carbocycles. The topological polar surface area (TPSA) is 67.4 Å². The van der Waals surface area contributed by atoms with Crippen LogP contribution in [0.4, 0.5) is 0 Å². The molecule has 0 amide bonds. The van der Waals surface area contributed by atoms with Gasteiger partial charge in [-0.25, -0.2) is 4.98 Å². The van der Waals surface area contributed by atoms with Crippen LogP contribution in [0.1, 0.15) is 29.6 Å². The summed E-state index contributed by atoms with van der Waals surface area (Å²) >= 11 is 0. The number of benzene rings is 1. The molecule has 1 atom stereocenters. The van der Waals surface area contributed by atoms with Gasteiger partial charge in [-0.2, -0.15) is 5.26 Å². The Morgan fingerprint density at radius 2 is 2.04 bits per heavy atom. The van der Waals surface area contributed by atoms with Gasteiger partial charge in [-0.05, 0) is 55.2 Å². The van der Waals surface area contributed by atoms with Gasteiger partial charge in [-0.3, -0.25) is 4.57 Å². The van der Waals surface area contributed by atoms with Crippen LogP contribution in [0, 0.1) is 24.2 Å². The maximum atomic E-state index is 9.20. The van der Waals surface area contributed by atoms with E-state index in [0.717, 1.165) is 47.1 Å². The van der Waals surface area contributed by atoms with Crippen LogP contribution in [-0.2, 0) is 12.8 Å². The Hall–Kier alpha value is -3.00. The molecule has 0 bridgehead atoms. The van der Waals surface area contributed by atoms with Crippen LogP contribution >= 0.6 is 0 Å². The molecule has 0 saturated heterocycles. The molecule has 2 aromatic heterocycles. The predicted molar refractivity (Wildman–Crippen MR) is 90.6 cm³/mol. The van der Waals surface area contributed by atoms with Crippen LogP contribution in [-0.4, -0.2) is 19.7 Å². The van der Waals surface area contributed by atoms with Gasteiger partial charge >= 0.3 is 0 Å². The molecule has 0 fully saturated rings. The highest BCUT2D eigenvalue weighted by Crippen LogP contribution is 2.30. The highest BCUT2D eigenvalue weighted by molar-refractivity contribution is 5.58. The van der Waals surface area contributed by atoms with Crippen molar-refractivity contribution in [3.63, 3.8) is 0 Å². The Balaban J connectivity index is 1.97. The van der Waals surface area contributed by atoms with E-state index in [-0.39, 0.29) is 0 Å². The summed E-state index contributed by atoms with van der Waals surface area (Å²) in [5.74, 6) is 2.15. The van der Waals surface area contributed by atoms with E-state index < -0.39 is 0 Å². The van der Waals surface area contributed by atoms with Gasteiger partial charge in [0.25, 0.3) is 0 Å². The van der Waals surface area contributed by atoms with Crippen LogP contribution in [0.2, 0.25) is 0 Å². The summed E-state index contributed by atoms with van der Waals surface area (Å²) in [7, 11) is 0. The number of hydrogen-bond donors (Lipinski definition) is 0. The summed E-state index contributed by atoms with van der Waals surface area (Å²) in [6, 6.07) is 14.0. The molecule has 4 rings (SSSR count). The fraction of sp³-hybridized carbons (Fsp3) is 0.263. The third-order valence-corrected chi connectivity index (χ3v) is 4.40. The van der Waals surface area contributed by atoms with E-state index in [1.165, 1.54) is 0 Å². The van der Waals surface area contributed by atoms with Crippen LogP contribution in [0.3, 0.4) is 0 Å². The first-order valence-corrected chi connectivity index (χ1v) is 8.07. The lowest BCUT2D eigenvalue weighted by Gasteiger charge is -2.12. The van der Waals surface area contributed by atoms with Crippen molar-refractivity contribution in [2.24, 2.45) is 5.92 Å². The smallest absolute Gasteiger partial charge is 0.187 e. The van der Waals surface area contributed by atoms with Crippen molar-refractivity contribution in [2.45, 2.75) is 26.7 Å². The molecule has 1 aliphatic heterocycles. The zero-order chi connectivity index (χ0) is 16.7. The molecular weight excluding hydrogens is 298 g/mol. The predicted octanol–water partition coefficient (Wildman–Crippen LogP) is 3.24. The van der Waals surface area contributed by atoms with E-state index in [9.17, 15) is 5.26 Å². The van der Waals surface area contributed by atoms with Crippen molar-refractivity contribution in [3.05, 3.63) is 59.0 Å². The number of hydrogen-bond acceptors (Lipinski definition) is 4.